The first-order chi connectivity index (χ1) is 9.20. The minimum absolute atomic E-state index is 0.157. The van der Waals surface area contributed by atoms with Crippen LogP contribution in [0.25, 0.3) is 0 Å². The van der Waals surface area contributed by atoms with Gasteiger partial charge >= 0.3 is 0 Å². The topological polar surface area (TPSA) is 39.2 Å². The zero-order chi connectivity index (χ0) is 13.7. The molecule has 0 amide bonds. The van der Waals surface area contributed by atoms with Crippen LogP contribution in [0.1, 0.15) is 37.8 Å². The molecule has 0 spiro atoms. The molecule has 3 nitrogen and oxygen atoms in total. The molecule has 1 aliphatic rings. The van der Waals surface area contributed by atoms with Gasteiger partial charge in [0.1, 0.15) is 6.10 Å². The van der Waals surface area contributed by atoms with E-state index in [4.69, 9.17) is 4.74 Å². The first-order valence-corrected chi connectivity index (χ1v) is 7.66. The largest absolute Gasteiger partial charge is 0.373 e. The van der Waals surface area contributed by atoms with Gasteiger partial charge in [-0.2, -0.15) is 0 Å². The van der Waals surface area contributed by atoms with Crippen molar-refractivity contribution in [1.29, 1.82) is 0 Å². The van der Waals surface area contributed by atoms with Gasteiger partial charge in [-0.25, -0.2) is 0 Å². The molecule has 104 valence electrons. The Morgan fingerprint density at radius 3 is 2.74 bits per heavy atom. The van der Waals surface area contributed by atoms with Crippen LogP contribution in [0.2, 0.25) is 0 Å². The number of hydrogen-bond acceptors (Lipinski definition) is 3. The molecule has 0 bridgehead atoms. The highest BCUT2D eigenvalue weighted by Gasteiger charge is 2.29. The number of halogens is 1. The highest BCUT2D eigenvalue weighted by atomic mass is 79.9. The lowest BCUT2D eigenvalue weighted by Gasteiger charge is -2.28. The summed E-state index contributed by atoms with van der Waals surface area (Å²) in [4.78, 5) is 16.6. The fourth-order valence-corrected chi connectivity index (χ4v) is 3.05. The van der Waals surface area contributed by atoms with Gasteiger partial charge in [-0.3, -0.25) is 9.78 Å². The zero-order valence-corrected chi connectivity index (χ0v) is 12.9. The molecule has 0 aliphatic heterocycles. The van der Waals surface area contributed by atoms with E-state index in [1.54, 1.807) is 13.3 Å². The van der Waals surface area contributed by atoms with Crippen LogP contribution in [-0.2, 0) is 16.0 Å². The fourth-order valence-electron chi connectivity index (χ4n) is 2.81. The van der Waals surface area contributed by atoms with Crippen molar-refractivity contribution in [3.8, 4) is 0 Å². The van der Waals surface area contributed by atoms with Gasteiger partial charge < -0.3 is 4.74 Å². The van der Waals surface area contributed by atoms with Crippen molar-refractivity contribution in [2.24, 2.45) is 5.92 Å². The average Bonchev–Trinajstić information content (AvgIpc) is 2.43. The lowest BCUT2D eigenvalue weighted by Crippen LogP contribution is -2.34. The van der Waals surface area contributed by atoms with Gasteiger partial charge in [0.05, 0.1) is 6.42 Å². The van der Waals surface area contributed by atoms with Gasteiger partial charge in [0.2, 0.25) is 0 Å². The molecule has 1 saturated carbocycles. The molecule has 1 aromatic heterocycles. The summed E-state index contributed by atoms with van der Waals surface area (Å²) in [6, 6.07) is 3.80. The second-order valence-corrected chi connectivity index (χ2v) is 6.08. The number of aromatic nitrogens is 1. The molecule has 0 aromatic carbocycles. The smallest absolute Gasteiger partial charge is 0.167 e. The summed E-state index contributed by atoms with van der Waals surface area (Å²) in [5.74, 6) is 0.547. The van der Waals surface area contributed by atoms with Gasteiger partial charge in [-0.1, -0.05) is 19.3 Å². The molecule has 0 saturated heterocycles. The van der Waals surface area contributed by atoms with Crippen molar-refractivity contribution in [3.05, 3.63) is 28.5 Å². The number of ether oxygens (including phenoxy) is 1. The average molecular weight is 326 g/mol. The Labute approximate surface area is 122 Å². The van der Waals surface area contributed by atoms with E-state index >= 15 is 0 Å². The summed E-state index contributed by atoms with van der Waals surface area (Å²) in [6.45, 7) is 0. The first kappa shape index (κ1) is 14.7. The standard InChI is InChI=1S/C15H20BrNO2/c1-19-15(11-5-3-2-4-6-11)14(18)9-13-8-7-12(16)10-17-13/h7-8,10-11,15H,2-6,9H2,1H3. The Morgan fingerprint density at radius 2 is 2.16 bits per heavy atom. The number of pyridine rings is 1. The minimum atomic E-state index is -0.259. The lowest BCUT2D eigenvalue weighted by molar-refractivity contribution is -0.132. The van der Waals surface area contributed by atoms with Crippen molar-refractivity contribution < 1.29 is 9.53 Å². The number of methoxy groups -OCH3 is 1. The van der Waals surface area contributed by atoms with Crippen molar-refractivity contribution >= 4 is 21.7 Å². The van der Waals surface area contributed by atoms with Crippen LogP contribution in [0.3, 0.4) is 0 Å². The van der Waals surface area contributed by atoms with Crippen LogP contribution in [0.15, 0.2) is 22.8 Å². The van der Waals surface area contributed by atoms with E-state index in [1.165, 1.54) is 19.3 Å². The van der Waals surface area contributed by atoms with Gasteiger partial charge in [0.25, 0.3) is 0 Å². The Bertz CT molecular complexity index is 413. The maximum absolute atomic E-state index is 12.4. The Kier molecular flexibility index (Phi) is 5.52. The highest BCUT2D eigenvalue weighted by Crippen LogP contribution is 2.28. The summed E-state index contributed by atoms with van der Waals surface area (Å²) in [7, 11) is 1.65. The number of nitrogens with zero attached hydrogens (tertiary/aromatic N) is 1. The van der Waals surface area contributed by atoms with Crippen molar-refractivity contribution in [2.45, 2.75) is 44.6 Å². The van der Waals surface area contributed by atoms with E-state index in [2.05, 4.69) is 20.9 Å². The van der Waals surface area contributed by atoms with E-state index < -0.39 is 0 Å². The quantitative estimate of drug-likeness (QED) is 0.831. The lowest BCUT2D eigenvalue weighted by atomic mass is 9.83. The Balaban J connectivity index is 1.97. The normalized spacial score (nSPS) is 18.2. The van der Waals surface area contributed by atoms with Gasteiger partial charge in [0, 0.05) is 23.5 Å². The molecule has 1 fully saturated rings. The first-order valence-electron chi connectivity index (χ1n) is 6.86. The number of hydrogen-bond donors (Lipinski definition) is 0. The third-order valence-electron chi connectivity index (χ3n) is 3.79. The second kappa shape index (κ2) is 7.15. The van der Waals surface area contributed by atoms with Crippen LogP contribution in [0.4, 0.5) is 0 Å². The number of Topliss-reactive ketones (excluding diaryl/α,β-unsaturated/α-hetero) is 1. The molecule has 19 heavy (non-hydrogen) atoms. The van der Waals surface area contributed by atoms with E-state index in [1.807, 2.05) is 12.1 Å². The van der Waals surface area contributed by atoms with Crippen LogP contribution in [0.5, 0.6) is 0 Å². The molecule has 4 heteroatoms. The van der Waals surface area contributed by atoms with E-state index in [-0.39, 0.29) is 11.9 Å². The van der Waals surface area contributed by atoms with Crippen LogP contribution in [0, 0.1) is 5.92 Å². The Morgan fingerprint density at radius 1 is 1.42 bits per heavy atom. The number of ketones is 1. The van der Waals surface area contributed by atoms with Crippen molar-refractivity contribution in [2.75, 3.05) is 7.11 Å². The Hall–Kier alpha value is -0.740. The molecule has 0 radical (unpaired) electrons. The molecular formula is C15H20BrNO2. The molecule has 1 heterocycles. The van der Waals surface area contributed by atoms with Gasteiger partial charge in [0.15, 0.2) is 5.78 Å². The van der Waals surface area contributed by atoms with Gasteiger partial charge in [-0.05, 0) is 46.8 Å². The third-order valence-corrected chi connectivity index (χ3v) is 4.26. The van der Waals surface area contributed by atoms with E-state index in [0.717, 1.165) is 23.0 Å². The second-order valence-electron chi connectivity index (χ2n) is 5.17. The van der Waals surface area contributed by atoms with E-state index in [0.29, 0.717) is 12.3 Å². The third kappa shape index (κ3) is 4.11. The van der Waals surface area contributed by atoms with E-state index in [9.17, 15) is 4.79 Å². The molecule has 2 rings (SSSR count). The highest BCUT2D eigenvalue weighted by molar-refractivity contribution is 9.10. The predicted molar refractivity (Wildman–Crippen MR) is 78.0 cm³/mol. The summed E-state index contributed by atoms with van der Waals surface area (Å²) in [5, 5.41) is 0. The van der Waals surface area contributed by atoms with Crippen molar-refractivity contribution in [1.82, 2.24) is 4.98 Å². The van der Waals surface area contributed by atoms with Gasteiger partial charge in [-0.15, -0.1) is 0 Å². The maximum atomic E-state index is 12.4. The minimum Gasteiger partial charge on any atom is -0.373 e. The molecule has 1 aliphatic carbocycles. The number of rotatable bonds is 5. The maximum Gasteiger partial charge on any atom is 0.167 e. The summed E-state index contributed by atoms with van der Waals surface area (Å²) < 4.78 is 6.39. The number of carbonyl (C=O) groups is 1. The van der Waals surface area contributed by atoms with Crippen LogP contribution >= 0.6 is 15.9 Å². The fraction of sp³-hybridized carbons (Fsp3) is 0.600. The predicted octanol–water partition coefficient (Wildman–Crippen LogP) is 3.55. The molecule has 1 atom stereocenters. The van der Waals surface area contributed by atoms with Crippen molar-refractivity contribution in [3.63, 3.8) is 0 Å². The molecule has 0 N–H and O–H groups in total. The van der Waals surface area contributed by atoms with Crippen LogP contribution < -0.4 is 0 Å². The summed E-state index contributed by atoms with van der Waals surface area (Å²) in [6.07, 6.45) is 7.77. The zero-order valence-electron chi connectivity index (χ0n) is 11.3. The molecule has 1 unspecified atom stereocenters. The molecular weight excluding hydrogens is 306 g/mol. The SMILES string of the molecule is COC(C(=O)Cc1ccc(Br)cn1)C1CCCCC1. The summed E-state index contributed by atoms with van der Waals surface area (Å²) >= 11 is 3.34. The molecule has 1 aromatic rings. The monoisotopic (exact) mass is 325 g/mol. The van der Waals surface area contributed by atoms with Crippen LogP contribution in [-0.4, -0.2) is 24.0 Å². The summed E-state index contributed by atoms with van der Waals surface area (Å²) in [5.41, 5.74) is 0.811. The number of carbonyl (C=O) groups excluding carboxylic acids is 1.